The van der Waals surface area contributed by atoms with E-state index in [-0.39, 0.29) is 17.9 Å². The summed E-state index contributed by atoms with van der Waals surface area (Å²) < 4.78 is 5.59. The Kier molecular flexibility index (Phi) is 7.24. The molecule has 146 valence electrons. The molecule has 0 bridgehead atoms. The van der Waals surface area contributed by atoms with Crippen LogP contribution in [0.25, 0.3) is 6.08 Å². The molecule has 5 nitrogen and oxygen atoms in total. The molecule has 1 saturated heterocycles. The number of likely N-dealkylation sites (tertiary alicyclic amines) is 1. The normalized spacial score (nSPS) is 14.8. The maximum absolute atomic E-state index is 12.3. The summed E-state index contributed by atoms with van der Waals surface area (Å²) in [6, 6.07) is 19.3. The average Bonchev–Trinajstić information content (AvgIpc) is 2.74. The van der Waals surface area contributed by atoms with E-state index in [0.717, 1.165) is 24.2 Å². The van der Waals surface area contributed by atoms with Gasteiger partial charge in [0, 0.05) is 25.2 Å². The second kappa shape index (κ2) is 10.3. The predicted octanol–water partition coefficient (Wildman–Crippen LogP) is 3.28. The summed E-state index contributed by atoms with van der Waals surface area (Å²) >= 11 is 0. The fraction of sp³-hybridized carbons (Fsp3) is 0.304. The third-order valence-electron chi connectivity index (χ3n) is 4.75. The zero-order valence-electron chi connectivity index (χ0n) is 15.9. The summed E-state index contributed by atoms with van der Waals surface area (Å²) in [5.74, 6) is 0.787. The first-order valence-corrected chi connectivity index (χ1v) is 9.70. The van der Waals surface area contributed by atoms with E-state index in [4.69, 9.17) is 4.74 Å². The summed E-state index contributed by atoms with van der Waals surface area (Å²) in [4.78, 5) is 26.3. The molecule has 0 aliphatic carbocycles. The summed E-state index contributed by atoms with van der Waals surface area (Å²) in [6.45, 7) is 1.71. The minimum absolute atomic E-state index is 0.0927. The van der Waals surface area contributed by atoms with Crippen molar-refractivity contribution in [1.82, 2.24) is 10.2 Å². The van der Waals surface area contributed by atoms with E-state index in [2.05, 4.69) is 5.32 Å². The van der Waals surface area contributed by atoms with Gasteiger partial charge in [0.2, 0.25) is 11.8 Å². The lowest BCUT2D eigenvalue weighted by Gasteiger charge is -2.32. The lowest BCUT2D eigenvalue weighted by molar-refractivity contribution is -0.132. The van der Waals surface area contributed by atoms with Crippen molar-refractivity contribution in [2.24, 2.45) is 0 Å². The van der Waals surface area contributed by atoms with E-state index < -0.39 is 0 Å². The number of benzene rings is 2. The summed E-state index contributed by atoms with van der Waals surface area (Å²) in [5, 5.41) is 3.02. The van der Waals surface area contributed by atoms with E-state index >= 15 is 0 Å². The molecule has 2 amide bonds. The molecule has 1 heterocycles. The number of hydrogen-bond donors (Lipinski definition) is 1. The maximum atomic E-state index is 12.3. The third kappa shape index (κ3) is 6.27. The third-order valence-corrected chi connectivity index (χ3v) is 4.75. The molecule has 5 heteroatoms. The van der Waals surface area contributed by atoms with Crippen LogP contribution in [-0.4, -0.2) is 42.5 Å². The van der Waals surface area contributed by atoms with Crippen molar-refractivity contribution in [3.63, 3.8) is 0 Å². The van der Waals surface area contributed by atoms with Crippen LogP contribution in [0.3, 0.4) is 0 Å². The SMILES string of the molecule is O=C(/C=C/c1ccccc1)NC1CCN(C(=O)CCOc2ccccc2)CC1. The number of nitrogens with one attached hydrogen (secondary N) is 1. The number of nitrogens with zero attached hydrogens (tertiary/aromatic N) is 1. The van der Waals surface area contributed by atoms with Gasteiger partial charge in [-0.15, -0.1) is 0 Å². The maximum Gasteiger partial charge on any atom is 0.244 e. The topological polar surface area (TPSA) is 58.6 Å². The van der Waals surface area contributed by atoms with E-state index in [1.165, 1.54) is 0 Å². The van der Waals surface area contributed by atoms with Crippen LogP contribution in [0, 0.1) is 0 Å². The van der Waals surface area contributed by atoms with Crippen molar-refractivity contribution >= 4 is 17.9 Å². The summed E-state index contributed by atoms with van der Waals surface area (Å²) in [6.07, 6.45) is 5.28. The fourth-order valence-electron chi connectivity index (χ4n) is 3.19. The van der Waals surface area contributed by atoms with Crippen LogP contribution in [0.5, 0.6) is 5.75 Å². The molecular weight excluding hydrogens is 352 g/mol. The van der Waals surface area contributed by atoms with Gasteiger partial charge in [0.15, 0.2) is 0 Å². The molecule has 0 radical (unpaired) electrons. The highest BCUT2D eigenvalue weighted by Gasteiger charge is 2.23. The molecule has 28 heavy (non-hydrogen) atoms. The van der Waals surface area contributed by atoms with Gasteiger partial charge in [0.1, 0.15) is 5.75 Å². The monoisotopic (exact) mass is 378 g/mol. The standard InChI is InChI=1S/C23H26N2O3/c26-22(12-11-19-7-3-1-4-8-19)24-20-13-16-25(17-14-20)23(27)15-18-28-21-9-5-2-6-10-21/h1-12,20H,13-18H2,(H,24,26)/b12-11+. The van der Waals surface area contributed by atoms with E-state index in [1.807, 2.05) is 65.6 Å². The number of carbonyl (C=O) groups is 2. The number of carbonyl (C=O) groups excluding carboxylic acids is 2. The lowest BCUT2D eigenvalue weighted by atomic mass is 10.0. The Morgan fingerprint density at radius 3 is 2.32 bits per heavy atom. The van der Waals surface area contributed by atoms with Crippen molar-refractivity contribution < 1.29 is 14.3 Å². The Morgan fingerprint density at radius 2 is 1.64 bits per heavy atom. The molecule has 2 aromatic carbocycles. The number of piperidine rings is 1. The van der Waals surface area contributed by atoms with Gasteiger partial charge in [-0.05, 0) is 36.6 Å². The Labute approximate surface area is 166 Å². The molecule has 0 atom stereocenters. The highest BCUT2D eigenvalue weighted by molar-refractivity contribution is 5.91. The molecule has 0 spiro atoms. The van der Waals surface area contributed by atoms with E-state index in [0.29, 0.717) is 26.1 Å². The zero-order chi connectivity index (χ0) is 19.6. The van der Waals surface area contributed by atoms with Crippen LogP contribution in [0.2, 0.25) is 0 Å². The van der Waals surface area contributed by atoms with Gasteiger partial charge < -0.3 is 15.0 Å². The molecule has 2 aromatic rings. The molecular formula is C23H26N2O3. The first kappa shape index (κ1) is 19.7. The highest BCUT2D eigenvalue weighted by Crippen LogP contribution is 2.13. The van der Waals surface area contributed by atoms with Crippen LogP contribution in [0.4, 0.5) is 0 Å². The molecule has 0 unspecified atom stereocenters. The van der Waals surface area contributed by atoms with Crippen molar-refractivity contribution in [3.05, 3.63) is 72.3 Å². The van der Waals surface area contributed by atoms with Crippen LogP contribution in [0.15, 0.2) is 66.7 Å². The number of amides is 2. The molecule has 0 saturated carbocycles. The minimum Gasteiger partial charge on any atom is -0.493 e. The Bertz CT molecular complexity index is 782. The highest BCUT2D eigenvalue weighted by atomic mass is 16.5. The largest absolute Gasteiger partial charge is 0.493 e. The molecule has 3 rings (SSSR count). The number of para-hydroxylation sites is 1. The van der Waals surface area contributed by atoms with Gasteiger partial charge >= 0.3 is 0 Å². The zero-order valence-corrected chi connectivity index (χ0v) is 15.9. The average molecular weight is 378 g/mol. The van der Waals surface area contributed by atoms with Gasteiger partial charge in [0.05, 0.1) is 13.0 Å². The minimum atomic E-state index is -0.0927. The molecule has 0 aromatic heterocycles. The molecule has 1 aliphatic rings. The van der Waals surface area contributed by atoms with Crippen molar-refractivity contribution in [2.75, 3.05) is 19.7 Å². The first-order chi connectivity index (χ1) is 13.7. The predicted molar refractivity (Wildman–Crippen MR) is 110 cm³/mol. The van der Waals surface area contributed by atoms with Gasteiger partial charge in [-0.2, -0.15) is 0 Å². The second-order valence-corrected chi connectivity index (χ2v) is 6.82. The van der Waals surface area contributed by atoms with Gasteiger partial charge in [-0.3, -0.25) is 9.59 Å². The smallest absolute Gasteiger partial charge is 0.244 e. The number of ether oxygens (including phenoxy) is 1. The van der Waals surface area contributed by atoms with Crippen molar-refractivity contribution in [2.45, 2.75) is 25.3 Å². The van der Waals surface area contributed by atoms with Crippen LogP contribution in [0.1, 0.15) is 24.8 Å². The number of hydrogen-bond acceptors (Lipinski definition) is 3. The fourth-order valence-corrected chi connectivity index (χ4v) is 3.19. The van der Waals surface area contributed by atoms with Crippen LogP contribution < -0.4 is 10.1 Å². The number of rotatable bonds is 7. The summed E-state index contributed by atoms with van der Waals surface area (Å²) in [7, 11) is 0. The van der Waals surface area contributed by atoms with E-state index in [1.54, 1.807) is 12.2 Å². The van der Waals surface area contributed by atoms with Crippen molar-refractivity contribution in [3.8, 4) is 5.75 Å². The Balaban J connectivity index is 1.35. The lowest BCUT2D eigenvalue weighted by Crippen LogP contribution is -2.46. The molecule has 1 fully saturated rings. The quantitative estimate of drug-likeness (QED) is 0.753. The molecule has 1 N–H and O–H groups in total. The Hall–Kier alpha value is -3.08. The second-order valence-electron chi connectivity index (χ2n) is 6.82. The van der Waals surface area contributed by atoms with Crippen molar-refractivity contribution in [1.29, 1.82) is 0 Å². The summed E-state index contributed by atoms with van der Waals surface area (Å²) in [5.41, 5.74) is 0.996. The van der Waals surface area contributed by atoms with Crippen LogP contribution >= 0.6 is 0 Å². The van der Waals surface area contributed by atoms with E-state index in [9.17, 15) is 9.59 Å². The van der Waals surface area contributed by atoms with Gasteiger partial charge in [-0.25, -0.2) is 0 Å². The van der Waals surface area contributed by atoms with Crippen LogP contribution in [-0.2, 0) is 9.59 Å². The van der Waals surface area contributed by atoms with Gasteiger partial charge in [-0.1, -0.05) is 48.5 Å². The Morgan fingerprint density at radius 1 is 1.00 bits per heavy atom. The molecule has 1 aliphatic heterocycles. The van der Waals surface area contributed by atoms with Gasteiger partial charge in [0.25, 0.3) is 0 Å². The first-order valence-electron chi connectivity index (χ1n) is 9.70.